The van der Waals surface area contributed by atoms with E-state index in [0.717, 1.165) is 11.3 Å². The molecule has 0 atom stereocenters. The van der Waals surface area contributed by atoms with Gasteiger partial charge in [0.25, 0.3) is 0 Å². The van der Waals surface area contributed by atoms with Gasteiger partial charge in [-0.2, -0.15) is 0 Å². The summed E-state index contributed by atoms with van der Waals surface area (Å²) in [5.41, 5.74) is 1.95. The van der Waals surface area contributed by atoms with Gasteiger partial charge in [-0.25, -0.2) is 4.98 Å². The number of aromatic amines is 1. The number of aromatic nitrogens is 3. The van der Waals surface area contributed by atoms with Crippen LogP contribution in [-0.2, 0) is 0 Å². The maximum Gasteiger partial charge on any atom is 0.130 e. The highest BCUT2D eigenvalue weighted by Gasteiger charge is 1.95. The van der Waals surface area contributed by atoms with Crippen molar-refractivity contribution >= 4 is 12.2 Å². The molecule has 0 saturated heterocycles. The molecule has 0 aliphatic heterocycles. The van der Waals surface area contributed by atoms with Gasteiger partial charge in [0.1, 0.15) is 4.64 Å². The van der Waals surface area contributed by atoms with Crippen LogP contribution in [-0.4, -0.2) is 15.0 Å². The summed E-state index contributed by atoms with van der Waals surface area (Å²) in [4.78, 5) is 10.9. The fourth-order valence-electron chi connectivity index (χ4n) is 1.06. The summed E-state index contributed by atoms with van der Waals surface area (Å²) < 4.78 is 0.581. The molecule has 0 fully saturated rings. The van der Waals surface area contributed by atoms with Gasteiger partial charge >= 0.3 is 0 Å². The van der Waals surface area contributed by atoms with Crippen LogP contribution in [0.3, 0.4) is 0 Å². The minimum Gasteiger partial charge on any atom is -0.346 e. The van der Waals surface area contributed by atoms with Crippen LogP contribution in [0.1, 0.15) is 0 Å². The Labute approximate surface area is 80.5 Å². The fourth-order valence-corrected chi connectivity index (χ4v) is 1.23. The van der Waals surface area contributed by atoms with E-state index in [2.05, 4.69) is 15.0 Å². The second-order valence-corrected chi connectivity index (χ2v) is 2.96. The Bertz CT molecular complexity index is 450. The first-order valence-corrected chi connectivity index (χ1v) is 4.22. The van der Waals surface area contributed by atoms with Gasteiger partial charge < -0.3 is 4.98 Å². The summed E-state index contributed by atoms with van der Waals surface area (Å²) >= 11 is 4.95. The van der Waals surface area contributed by atoms with Crippen molar-refractivity contribution in [2.75, 3.05) is 0 Å². The molecule has 0 saturated carbocycles. The van der Waals surface area contributed by atoms with Gasteiger partial charge in [-0.1, -0.05) is 12.2 Å². The van der Waals surface area contributed by atoms with E-state index in [9.17, 15) is 0 Å². The summed E-state index contributed by atoms with van der Waals surface area (Å²) in [5, 5.41) is 0. The Morgan fingerprint density at radius 2 is 2.31 bits per heavy atom. The minimum atomic E-state index is 0.581. The number of hydrogen-bond donors (Lipinski definition) is 1. The first-order chi connectivity index (χ1) is 6.36. The topological polar surface area (TPSA) is 41.6 Å². The van der Waals surface area contributed by atoms with E-state index in [4.69, 9.17) is 12.2 Å². The maximum absolute atomic E-state index is 4.95. The lowest BCUT2D eigenvalue weighted by Crippen LogP contribution is -1.85. The molecule has 13 heavy (non-hydrogen) atoms. The Morgan fingerprint density at radius 3 is 3.00 bits per heavy atom. The maximum atomic E-state index is 4.95. The van der Waals surface area contributed by atoms with Gasteiger partial charge in [0.2, 0.25) is 0 Å². The first kappa shape index (κ1) is 8.07. The van der Waals surface area contributed by atoms with Crippen LogP contribution in [0.5, 0.6) is 0 Å². The van der Waals surface area contributed by atoms with Crippen molar-refractivity contribution in [2.45, 2.75) is 0 Å². The van der Waals surface area contributed by atoms with Crippen LogP contribution in [0.25, 0.3) is 11.3 Å². The average Bonchev–Trinajstić information content (AvgIpc) is 2.19. The van der Waals surface area contributed by atoms with Crippen molar-refractivity contribution in [3.63, 3.8) is 0 Å². The van der Waals surface area contributed by atoms with E-state index < -0.39 is 0 Å². The summed E-state index contributed by atoms with van der Waals surface area (Å²) in [7, 11) is 0. The Balaban J connectivity index is 2.54. The molecule has 2 aromatic rings. The van der Waals surface area contributed by atoms with E-state index in [1.165, 1.54) is 0 Å². The molecule has 0 aromatic carbocycles. The van der Waals surface area contributed by atoms with Crippen LogP contribution in [0, 0.1) is 4.64 Å². The summed E-state index contributed by atoms with van der Waals surface area (Å²) in [6.07, 6.45) is 5.10. The lowest BCUT2D eigenvalue weighted by molar-refractivity contribution is 1.15. The average molecular weight is 189 g/mol. The van der Waals surface area contributed by atoms with Crippen molar-refractivity contribution in [3.8, 4) is 11.3 Å². The van der Waals surface area contributed by atoms with Gasteiger partial charge in [0.15, 0.2) is 0 Å². The molecular formula is C9H7N3S. The van der Waals surface area contributed by atoms with Gasteiger partial charge in [0, 0.05) is 18.0 Å². The predicted molar refractivity (Wildman–Crippen MR) is 52.7 cm³/mol. The van der Waals surface area contributed by atoms with Crippen LogP contribution in [0.4, 0.5) is 0 Å². The molecule has 2 heterocycles. The number of nitrogens with zero attached hydrogens (tertiary/aromatic N) is 2. The van der Waals surface area contributed by atoms with Gasteiger partial charge in [0.05, 0.1) is 12.0 Å². The van der Waals surface area contributed by atoms with Crippen molar-refractivity contribution in [3.05, 3.63) is 41.6 Å². The largest absolute Gasteiger partial charge is 0.346 e. The number of nitrogens with one attached hydrogen (secondary N) is 1. The van der Waals surface area contributed by atoms with E-state index in [0.29, 0.717) is 4.64 Å². The highest BCUT2D eigenvalue weighted by molar-refractivity contribution is 7.71. The smallest absolute Gasteiger partial charge is 0.130 e. The molecule has 0 aliphatic rings. The molecule has 0 bridgehead atoms. The van der Waals surface area contributed by atoms with Crippen molar-refractivity contribution in [1.29, 1.82) is 0 Å². The summed E-state index contributed by atoms with van der Waals surface area (Å²) in [5.74, 6) is 0. The first-order valence-electron chi connectivity index (χ1n) is 3.81. The van der Waals surface area contributed by atoms with Crippen molar-refractivity contribution in [2.24, 2.45) is 0 Å². The quantitative estimate of drug-likeness (QED) is 0.699. The van der Waals surface area contributed by atoms with E-state index in [1.54, 1.807) is 18.7 Å². The van der Waals surface area contributed by atoms with Gasteiger partial charge in [-0.15, -0.1) is 0 Å². The molecule has 2 rings (SSSR count). The Kier molecular flexibility index (Phi) is 2.14. The van der Waals surface area contributed by atoms with Gasteiger partial charge in [-0.3, -0.25) is 4.98 Å². The normalized spacial score (nSPS) is 9.85. The van der Waals surface area contributed by atoms with Crippen LogP contribution in [0.2, 0.25) is 0 Å². The molecule has 0 aliphatic carbocycles. The lowest BCUT2D eigenvalue weighted by Gasteiger charge is -1.98. The SMILES string of the molecule is S=c1cc(-c2cccnc2)[nH]cn1. The molecule has 0 amide bonds. The molecule has 0 unspecified atom stereocenters. The Hall–Kier alpha value is -1.55. The summed E-state index contributed by atoms with van der Waals surface area (Å²) in [6.45, 7) is 0. The molecule has 0 spiro atoms. The number of rotatable bonds is 1. The standard InChI is InChI=1S/C9H7N3S/c13-9-4-8(11-6-12-9)7-2-1-3-10-5-7/h1-6H,(H,11,12,13). The second kappa shape index (κ2) is 3.45. The molecule has 64 valence electrons. The zero-order chi connectivity index (χ0) is 9.10. The zero-order valence-electron chi connectivity index (χ0n) is 6.77. The number of H-pyrrole nitrogens is 1. The zero-order valence-corrected chi connectivity index (χ0v) is 7.58. The third-order valence-corrected chi connectivity index (χ3v) is 1.88. The molecular weight excluding hydrogens is 182 g/mol. The lowest BCUT2D eigenvalue weighted by atomic mass is 10.2. The van der Waals surface area contributed by atoms with E-state index in [-0.39, 0.29) is 0 Å². The minimum absolute atomic E-state index is 0.581. The summed E-state index contributed by atoms with van der Waals surface area (Å²) in [6, 6.07) is 5.66. The molecule has 1 N–H and O–H groups in total. The third kappa shape index (κ3) is 1.78. The van der Waals surface area contributed by atoms with E-state index in [1.807, 2.05) is 18.2 Å². The fraction of sp³-hybridized carbons (Fsp3) is 0. The van der Waals surface area contributed by atoms with Crippen LogP contribution >= 0.6 is 12.2 Å². The van der Waals surface area contributed by atoms with Gasteiger partial charge in [-0.05, 0) is 18.2 Å². The van der Waals surface area contributed by atoms with Crippen LogP contribution in [0.15, 0.2) is 36.9 Å². The third-order valence-electron chi connectivity index (χ3n) is 1.65. The molecule has 2 aromatic heterocycles. The molecule has 4 heteroatoms. The predicted octanol–water partition coefficient (Wildman–Crippen LogP) is 2.20. The molecule has 0 radical (unpaired) electrons. The monoisotopic (exact) mass is 189 g/mol. The highest BCUT2D eigenvalue weighted by atomic mass is 32.1. The number of pyridine rings is 1. The Morgan fingerprint density at radius 1 is 1.38 bits per heavy atom. The molecule has 3 nitrogen and oxygen atoms in total. The van der Waals surface area contributed by atoms with Crippen LogP contribution < -0.4 is 0 Å². The highest BCUT2D eigenvalue weighted by Crippen LogP contribution is 2.13. The van der Waals surface area contributed by atoms with E-state index >= 15 is 0 Å². The number of hydrogen-bond acceptors (Lipinski definition) is 3. The van der Waals surface area contributed by atoms with Crippen molar-refractivity contribution in [1.82, 2.24) is 15.0 Å². The second-order valence-electron chi connectivity index (χ2n) is 2.54. The van der Waals surface area contributed by atoms with Crippen molar-refractivity contribution < 1.29 is 0 Å².